The lowest BCUT2D eigenvalue weighted by Gasteiger charge is -2.47. The highest BCUT2D eigenvalue weighted by Crippen LogP contribution is 2.34. The summed E-state index contributed by atoms with van der Waals surface area (Å²) in [6, 6.07) is -4.74. The third-order valence-electron chi connectivity index (χ3n) is 8.96. The van der Waals surface area contributed by atoms with Gasteiger partial charge in [0.2, 0.25) is 5.91 Å². The van der Waals surface area contributed by atoms with Crippen molar-refractivity contribution in [2.45, 2.75) is 129 Å². The van der Waals surface area contributed by atoms with E-state index < -0.39 is 142 Å². The molecule has 274 valence electrons. The maximum absolute atomic E-state index is 12.3. The molecule has 0 unspecified atom stereocenters. The van der Waals surface area contributed by atoms with Crippen LogP contribution < -0.4 is 28.3 Å². The van der Waals surface area contributed by atoms with Crippen LogP contribution in [0.4, 0.5) is 0 Å². The normalized spacial score (nSPS) is 49.2. The standard InChI is InChI=1S/C26H49N5O16/c27-4-9-16(37)18(39)13(29)24(42-9)46-22-11(6-34)44-26(20(22)41)47-23-15(36)8(31-12(35)1-2-32)3-7(28)21(23)45-25-14(30)19(40)17(38)10(5-33)43-25/h7-11,13-26,32-34,36-41H,1-6,27-30H2,(H,31,35)/t7-,8+,9-,10+,11+,13+,14+,15-,16+,17+,18+,19+,20+,21+,22+,23+,24+,25+,26-/m0/s1. The van der Waals surface area contributed by atoms with Crippen LogP contribution in [0.2, 0.25) is 0 Å². The molecule has 1 amide bonds. The number of hydrogen-bond acceptors (Lipinski definition) is 20. The highest BCUT2D eigenvalue weighted by atomic mass is 16.8. The Morgan fingerprint density at radius 3 is 1.72 bits per heavy atom. The van der Waals surface area contributed by atoms with Gasteiger partial charge in [0.25, 0.3) is 0 Å². The first-order chi connectivity index (χ1) is 22.3. The van der Waals surface area contributed by atoms with Crippen LogP contribution in [0.15, 0.2) is 0 Å². The van der Waals surface area contributed by atoms with E-state index in [4.69, 9.17) is 56.5 Å². The van der Waals surface area contributed by atoms with Gasteiger partial charge in [0.05, 0.1) is 37.9 Å². The average molecular weight is 688 g/mol. The van der Waals surface area contributed by atoms with Crippen molar-refractivity contribution in [3.8, 4) is 0 Å². The van der Waals surface area contributed by atoms with Gasteiger partial charge in [-0.15, -0.1) is 0 Å². The van der Waals surface area contributed by atoms with Gasteiger partial charge < -0.3 is 103 Å². The summed E-state index contributed by atoms with van der Waals surface area (Å²) in [5.74, 6) is -0.611. The van der Waals surface area contributed by atoms with Crippen LogP contribution in [0.5, 0.6) is 0 Å². The topological polar surface area (TPSA) is 371 Å². The second-order valence-corrected chi connectivity index (χ2v) is 12.2. The molecule has 4 fully saturated rings. The monoisotopic (exact) mass is 687 g/mol. The lowest BCUT2D eigenvalue weighted by Crippen LogP contribution is -2.68. The smallest absolute Gasteiger partial charge is 0.222 e. The van der Waals surface area contributed by atoms with Gasteiger partial charge in [0.15, 0.2) is 18.9 Å². The first-order valence-electron chi connectivity index (χ1n) is 15.4. The zero-order chi connectivity index (χ0) is 34.7. The van der Waals surface area contributed by atoms with E-state index in [9.17, 15) is 45.6 Å². The van der Waals surface area contributed by atoms with E-state index >= 15 is 0 Å². The molecule has 0 radical (unpaired) electrons. The van der Waals surface area contributed by atoms with Gasteiger partial charge in [-0.05, 0) is 6.42 Å². The van der Waals surface area contributed by atoms with Gasteiger partial charge in [-0.2, -0.15) is 0 Å². The molecule has 4 aliphatic rings. The first-order valence-corrected chi connectivity index (χ1v) is 15.4. The van der Waals surface area contributed by atoms with E-state index in [1.807, 2.05) is 0 Å². The summed E-state index contributed by atoms with van der Waals surface area (Å²) in [4.78, 5) is 12.3. The molecule has 21 nitrogen and oxygen atoms in total. The summed E-state index contributed by atoms with van der Waals surface area (Å²) in [5.41, 5.74) is 24.1. The zero-order valence-corrected chi connectivity index (χ0v) is 25.4. The molecular weight excluding hydrogens is 638 g/mol. The summed E-state index contributed by atoms with van der Waals surface area (Å²) in [7, 11) is 0. The number of carbonyl (C=O) groups excluding carboxylic acids is 1. The molecular formula is C26H49N5O16. The molecule has 0 aromatic heterocycles. The lowest BCUT2D eigenvalue weighted by atomic mass is 9.83. The largest absolute Gasteiger partial charge is 0.396 e. The minimum atomic E-state index is -1.71. The molecule has 21 heteroatoms. The second-order valence-electron chi connectivity index (χ2n) is 12.2. The molecule has 18 N–H and O–H groups in total. The van der Waals surface area contributed by atoms with Crippen LogP contribution in [-0.4, -0.2) is 195 Å². The first kappa shape index (κ1) is 38.5. The molecule has 0 aromatic rings. The van der Waals surface area contributed by atoms with Crippen LogP contribution in [0.3, 0.4) is 0 Å². The van der Waals surface area contributed by atoms with Crippen LogP contribution in [0.25, 0.3) is 0 Å². The van der Waals surface area contributed by atoms with Crippen LogP contribution in [0.1, 0.15) is 12.8 Å². The quantitative estimate of drug-likeness (QED) is 0.0905. The summed E-state index contributed by atoms with van der Waals surface area (Å²) < 4.78 is 34.7. The van der Waals surface area contributed by atoms with Crippen molar-refractivity contribution in [1.29, 1.82) is 0 Å². The molecule has 0 spiro atoms. The zero-order valence-electron chi connectivity index (χ0n) is 25.4. The van der Waals surface area contributed by atoms with Gasteiger partial charge in [-0.25, -0.2) is 0 Å². The van der Waals surface area contributed by atoms with Crippen molar-refractivity contribution in [3.63, 3.8) is 0 Å². The Bertz CT molecular complexity index is 1000. The minimum Gasteiger partial charge on any atom is -0.396 e. The molecule has 3 aliphatic heterocycles. The molecule has 0 bridgehead atoms. The number of carbonyl (C=O) groups is 1. The number of aliphatic hydroxyl groups is 9. The molecule has 3 heterocycles. The maximum atomic E-state index is 12.3. The van der Waals surface area contributed by atoms with Gasteiger partial charge in [-0.3, -0.25) is 4.79 Å². The van der Waals surface area contributed by atoms with Crippen LogP contribution >= 0.6 is 0 Å². The predicted molar refractivity (Wildman–Crippen MR) is 152 cm³/mol. The minimum absolute atomic E-state index is 0.0914. The molecule has 47 heavy (non-hydrogen) atoms. The van der Waals surface area contributed by atoms with E-state index in [2.05, 4.69) is 5.32 Å². The SMILES string of the molecule is NC[C@@H]1O[C@H](O[C@H]2[C@@H](O)[C@H](O[C@@H]3[C@@H](O)[C@H](NC(=O)CCO)C[C@H](N)[C@H]3O[C@H]3O[C@H](CO)[C@@H](O)[C@H](O)[C@H]3N)O[C@@H]2CO)[C@H](N)[C@@H](O)[C@@H]1O. The van der Waals surface area contributed by atoms with E-state index in [-0.39, 0.29) is 19.4 Å². The van der Waals surface area contributed by atoms with E-state index in [1.165, 1.54) is 0 Å². The Labute approximate surface area is 269 Å². The molecule has 19 atom stereocenters. The van der Waals surface area contributed by atoms with Crippen molar-refractivity contribution in [1.82, 2.24) is 5.32 Å². The Balaban J connectivity index is 1.56. The molecule has 3 saturated heterocycles. The number of amides is 1. The highest BCUT2D eigenvalue weighted by molar-refractivity contribution is 5.76. The Hall–Kier alpha value is -1.29. The van der Waals surface area contributed by atoms with Crippen molar-refractivity contribution < 1.29 is 79.2 Å². The Kier molecular flexibility index (Phi) is 13.6. The Morgan fingerprint density at radius 2 is 1.17 bits per heavy atom. The number of aliphatic hydroxyl groups excluding tert-OH is 9. The summed E-state index contributed by atoms with van der Waals surface area (Å²) in [6.45, 7) is -2.09. The maximum Gasteiger partial charge on any atom is 0.222 e. The number of hydrogen-bond donors (Lipinski definition) is 14. The summed E-state index contributed by atoms with van der Waals surface area (Å²) >= 11 is 0. The fourth-order valence-electron chi connectivity index (χ4n) is 6.19. The number of rotatable bonds is 12. The third kappa shape index (κ3) is 8.20. The van der Waals surface area contributed by atoms with Crippen molar-refractivity contribution in [2.75, 3.05) is 26.4 Å². The predicted octanol–water partition coefficient (Wildman–Crippen LogP) is -9.32. The Morgan fingerprint density at radius 1 is 0.660 bits per heavy atom. The van der Waals surface area contributed by atoms with E-state index in [0.717, 1.165) is 0 Å². The summed E-state index contributed by atoms with van der Waals surface area (Å²) in [6.07, 6.45) is -22.2. The number of ether oxygens (including phenoxy) is 6. The molecule has 1 saturated carbocycles. The van der Waals surface area contributed by atoms with Crippen molar-refractivity contribution >= 4 is 5.91 Å². The molecule has 1 aliphatic carbocycles. The third-order valence-corrected chi connectivity index (χ3v) is 8.96. The number of nitrogens with one attached hydrogen (secondary N) is 1. The van der Waals surface area contributed by atoms with Gasteiger partial charge in [0.1, 0.15) is 73.2 Å². The summed E-state index contributed by atoms with van der Waals surface area (Å²) in [5, 5.41) is 95.1. The van der Waals surface area contributed by atoms with Gasteiger partial charge in [0, 0.05) is 19.0 Å². The molecule has 0 aromatic carbocycles. The van der Waals surface area contributed by atoms with Crippen LogP contribution in [0, 0.1) is 0 Å². The highest BCUT2D eigenvalue weighted by Gasteiger charge is 2.55. The van der Waals surface area contributed by atoms with Crippen molar-refractivity contribution in [3.05, 3.63) is 0 Å². The van der Waals surface area contributed by atoms with Gasteiger partial charge in [-0.1, -0.05) is 0 Å². The number of nitrogens with two attached hydrogens (primary N) is 4. The second kappa shape index (κ2) is 16.6. The van der Waals surface area contributed by atoms with E-state index in [0.29, 0.717) is 0 Å². The van der Waals surface area contributed by atoms with E-state index in [1.54, 1.807) is 0 Å². The fourth-order valence-corrected chi connectivity index (χ4v) is 6.19. The van der Waals surface area contributed by atoms with Crippen molar-refractivity contribution in [2.24, 2.45) is 22.9 Å². The van der Waals surface area contributed by atoms with Gasteiger partial charge >= 0.3 is 0 Å². The average Bonchev–Trinajstić information content (AvgIpc) is 3.34. The lowest BCUT2D eigenvalue weighted by molar-refractivity contribution is -0.311. The van der Waals surface area contributed by atoms with Crippen LogP contribution in [-0.2, 0) is 33.2 Å². The fraction of sp³-hybridized carbons (Fsp3) is 0.962. The molecule has 4 rings (SSSR count).